The molecule has 1 aromatic heterocycles. The molecule has 0 saturated heterocycles. The number of hydrogen-bond donors (Lipinski definition) is 1. The van der Waals surface area contributed by atoms with Gasteiger partial charge in [0.1, 0.15) is 11.6 Å². The van der Waals surface area contributed by atoms with E-state index in [4.69, 9.17) is 4.74 Å². The normalized spacial score (nSPS) is 17.4. The van der Waals surface area contributed by atoms with Crippen LogP contribution in [0, 0.1) is 5.82 Å². The molecule has 0 radical (unpaired) electrons. The first-order valence-corrected chi connectivity index (χ1v) is 6.39. The highest BCUT2D eigenvalue weighted by Gasteiger charge is 2.21. The highest BCUT2D eigenvalue weighted by Crippen LogP contribution is 2.34. The van der Waals surface area contributed by atoms with Crippen LogP contribution in [0.2, 0.25) is 0 Å². The van der Waals surface area contributed by atoms with E-state index in [1.165, 1.54) is 6.07 Å². The van der Waals surface area contributed by atoms with Crippen molar-refractivity contribution in [3.05, 3.63) is 54.1 Å². The third kappa shape index (κ3) is 2.67. The van der Waals surface area contributed by atoms with Gasteiger partial charge < -0.3 is 10.1 Å². The molecule has 0 aliphatic carbocycles. The quantitative estimate of drug-likeness (QED) is 0.918. The van der Waals surface area contributed by atoms with E-state index in [9.17, 15) is 4.39 Å². The van der Waals surface area contributed by atoms with Gasteiger partial charge in [-0.2, -0.15) is 0 Å². The lowest BCUT2D eigenvalue weighted by Crippen LogP contribution is -2.21. The summed E-state index contributed by atoms with van der Waals surface area (Å²) in [6.45, 7) is 1.43. The molecule has 0 spiro atoms. The summed E-state index contributed by atoms with van der Waals surface area (Å²) < 4.78 is 18.9. The van der Waals surface area contributed by atoms with Crippen LogP contribution in [0.1, 0.15) is 17.9 Å². The molecule has 1 unspecified atom stereocenters. The van der Waals surface area contributed by atoms with Crippen molar-refractivity contribution >= 4 is 5.69 Å². The second-order valence-corrected chi connectivity index (χ2v) is 4.64. The van der Waals surface area contributed by atoms with Gasteiger partial charge in [0.05, 0.1) is 12.3 Å². The Kier molecular flexibility index (Phi) is 3.31. The van der Waals surface area contributed by atoms with E-state index in [-0.39, 0.29) is 11.7 Å². The van der Waals surface area contributed by atoms with Crippen molar-refractivity contribution in [1.29, 1.82) is 0 Å². The predicted molar refractivity (Wildman–Crippen MR) is 72.0 cm³/mol. The Balaban J connectivity index is 1.75. The molecule has 98 valence electrons. The van der Waals surface area contributed by atoms with Gasteiger partial charge in [-0.3, -0.25) is 4.98 Å². The van der Waals surface area contributed by atoms with E-state index in [0.717, 1.165) is 30.0 Å². The number of nitrogens with zero attached hydrogens (tertiary/aromatic N) is 1. The molecule has 3 nitrogen and oxygen atoms in total. The maximum Gasteiger partial charge on any atom is 0.123 e. The van der Waals surface area contributed by atoms with Gasteiger partial charge in [-0.1, -0.05) is 0 Å². The summed E-state index contributed by atoms with van der Waals surface area (Å²) in [4.78, 5) is 4.06. The highest BCUT2D eigenvalue weighted by molar-refractivity contribution is 5.43. The van der Waals surface area contributed by atoms with Crippen LogP contribution in [0.25, 0.3) is 0 Å². The lowest BCUT2D eigenvalue weighted by atomic mass is 9.93. The predicted octanol–water partition coefficient (Wildman–Crippen LogP) is 3.20. The average molecular weight is 258 g/mol. The fourth-order valence-electron chi connectivity index (χ4n) is 2.36. The molecule has 2 heterocycles. The summed E-state index contributed by atoms with van der Waals surface area (Å²) in [5.74, 6) is 0.848. The third-order valence-electron chi connectivity index (χ3n) is 3.35. The second-order valence-electron chi connectivity index (χ2n) is 4.64. The van der Waals surface area contributed by atoms with Gasteiger partial charge in [-0.05, 0) is 36.8 Å². The highest BCUT2D eigenvalue weighted by atomic mass is 19.1. The molecule has 0 bridgehead atoms. The first kappa shape index (κ1) is 12.0. The van der Waals surface area contributed by atoms with E-state index in [1.807, 2.05) is 12.1 Å². The van der Waals surface area contributed by atoms with Crippen molar-refractivity contribution < 1.29 is 9.13 Å². The Morgan fingerprint density at radius 1 is 1.37 bits per heavy atom. The fourth-order valence-corrected chi connectivity index (χ4v) is 2.36. The zero-order valence-corrected chi connectivity index (χ0v) is 10.5. The Labute approximate surface area is 111 Å². The van der Waals surface area contributed by atoms with Crippen molar-refractivity contribution in [3.8, 4) is 5.75 Å². The van der Waals surface area contributed by atoms with Crippen molar-refractivity contribution in [1.82, 2.24) is 4.98 Å². The summed E-state index contributed by atoms with van der Waals surface area (Å²) in [5, 5.41) is 3.33. The molecule has 0 fully saturated rings. The molecule has 2 aromatic rings. The number of rotatable bonds is 3. The molecule has 19 heavy (non-hydrogen) atoms. The summed E-state index contributed by atoms with van der Waals surface area (Å²) in [7, 11) is 0. The molecule has 1 aliphatic rings. The smallest absolute Gasteiger partial charge is 0.123 e. The molecule has 1 aliphatic heterocycles. The lowest BCUT2D eigenvalue weighted by molar-refractivity contribution is 0.269. The van der Waals surface area contributed by atoms with Gasteiger partial charge >= 0.3 is 0 Å². The number of halogens is 1. The average Bonchev–Trinajstić information content (AvgIpc) is 2.46. The summed E-state index contributed by atoms with van der Waals surface area (Å²) >= 11 is 0. The van der Waals surface area contributed by atoms with E-state index < -0.39 is 0 Å². The number of hydrogen-bond acceptors (Lipinski definition) is 3. The summed E-state index contributed by atoms with van der Waals surface area (Å²) in [6.07, 6.45) is 4.42. The van der Waals surface area contributed by atoms with Gasteiger partial charge in [0.15, 0.2) is 0 Å². The number of nitrogens with one attached hydrogen (secondary N) is 1. The van der Waals surface area contributed by atoms with Gasteiger partial charge in [0.25, 0.3) is 0 Å². The number of ether oxygens (including phenoxy) is 1. The molecule has 4 heteroatoms. The molecule has 0 amide bonds. The zero-order valence-electron chi connectivity index (χ0n) is 10.5. The van der Waals surface area contributed by atoms with Crippen LogP contribution in [0.3, 0.4) is 0 Å². The molecule has 0 saturated carbocycles. The van der Waals surface area contributed by atoms with Crippen LogP contribution in [0.5, 0.6) is 5.75 Å². The van der Waals surface area contributed by atoms with Crippen LogP contribution < -0.4 is 10.1 Å². The minimum atomic E-state index is -0.212. The summed E-state index contributed by atoms with van der Waals surface area (Å²) in [5.41, 5.74) is 1.93. The maximum atomic E-state index is 13.3. The van der Waals surface area contributed by atoms with Crippen LogP contribution in [0.15, 0.2) is 42.7 Å². The third-order valence-corrected chi connectivity index (χ3v) is 3.35. The molecular weight excluding hydrogens is 243 g/mol. The van der Waals surface area contributed by atoms with Crippen molar-refractivity contribution in [3.63, 3.8) is 0 Å². The van der Waals surface area contributed by atoms with Gasteiger partial charge in [-0.15, -0.1) is 0 Å². The Morgan fingerprint density at radius 2 is 2.32 bits per heavy atom. The minimum Gasteiger partial charge on any atom is -0.493 e. The number of anilines is 1. The monoisotopic (exact) mass is 258 g/mol. The Hall–Kier alpha value is -2.10. The Morgan fingerprint density at radius 3 is 3.16 bits per heavy atom. The van der Waals surface area contributed by atoms with E-state index in [0.29, 0.717) is 6.61 Å². The SMILES string of the molecule is Fc1ccc2c(c1)C(CNc1cccnc1)CCO2. The first-order chi connectivity index (χ1) is 9.33. The van der Waals surface area contributed by atoms with Crippen molar-refractivity contribution in [2.75, 3.05) is 18.5 Å². The number of benzene rings is 1. The van der Waals surface area contributed by atoms with Crippen LogP contribution in [-0.4, -0.2) is 18.1 Å². The van der Waals surface area contributed by atoms with Crippen molar-refractivity contribution in [2.24, 2.45) is 0 Å². The van der Waals surface area contributed by atoms with Crippen LogP contribution in [0.4, 0.5) is 10.1 Å². The van der Waals surface area contributed by atoms with Crippen LogP contribution in [-0.2, 0) is 0 Å². The molecule has 1 N–H and O–H groups in total. The van der Waals surface area contributed by atoms with E-state index in [2.05, 4.69) is 10.3 Å². The number of fused-ring (bicyclic) bond motifs is 1. The first-order valence-electron chi connectivity index (χ1n) is 6.39. The van der Waals surface area contributed by atoms with Crippen molar-refractivity contribution in [2.45, 2.75) is 12.3 Å². The van der Waals surface area contributed by atoms with Crippen LogP contribution >= 0.6 is 0 Å². The van der Waals surface area contributed by atoms with Gasteiger partial charge in [0.2, 0.25) is 0 Å². The second kappa shape index (κ2) is 5.26. The maximum absolute atomic E-state index is 13.3. The molecule has 1 aromatic carbocycles. The minimum absolute atomic E-state index is 0.212. The lowest BCUT2D eigenvalue weighted by Gasteiger charge is -2.26. The molecule has 3 rings (SSSR count). The standard InChI is InChI=1S/C15H15FN2O/c16-12-3-4-15-14(8-12)11(5-7-19-15)9-18-13-2-1-6-17-10-13/h1-4,6,8,10-11,18H,5,7,9H2. The Bertz CT molecular complexity index is 559. The van der Waals surface area contributed by atoms with Gasteiger partial charge in [0, 0.05) is 30.4 Å². The number of pyridine rings is 1. The topological polar surface area (TPSA) is 34.2 Å². The summed E-state index contributed by atoms with van der Waals surface area (Å²) in [6, 6.07) is 8.58. The van der Waals surface area contributed by atoms with E-state index in [1.54, 1.807) is 24.5 Å². The largest absolute Gasteiger partial charge is 0.493 e. The molecular formula is C15H15FN2O. The van der Waals surface area contributed by atoms with Gasteiger partial charge in [-0.25, -0.2) is 4.39 Å². The number of aromatic nitrogens is 1. The fraction of sp³-hybridized carbons (Fsp3) is 0.267. The molecule has 1 atom stereocenters. The van der Waals surface area contributed by atoms with E-state index >= 15 is 0 Å². The zero-order chi connectivity index (χ0) is 13.1.